The highest BCUT2D eigenvalue weighted by molar-refractivity contribution is 5.84. The third-order valence-corrected chi connectivity index (χ3v) is 4.71. The molecule has 4 nitrogen and oxygen atoms in total. The van der Waals surface area contributed by atoms with E-state index >= 15 is 0 Å². The molecule has 1 aromatic heterocycles. The van der Waals surface area contributed by atoms with E-state index in [0.29, 0.717) is 0 Å². The highest BCUT2D eigenvalue weighted by atomic mass is 16.2. The maximum absolute atomic E-state index is 12.4. The van der Waals surface area contributed by atoms with Crippen LogP contribution in [0.25, 0.3) is 10.9 Å². The van der Waals surface area contributed by atoms with Gasteiger partial charge in [-0.2, -0.15) is 0 Å². The van der Waals surface area contributed by atoms with E-state index in [0.717, 1.165) is 32.7 Å². The van der Waals surface area contributed by atoms with E-state index in [2.05, 4.69) is 41.1 Å². The van der Waals surface area contributed by atoms with Crippen molar-refractivity contribution in [1.82, 2.24) is 14.8 Å². The van der Waals surface area contributed by atoms with E-state index in [-0.39, 0.29) is 11.3 Å². The summed E-state index contributed by atoms with van der Waals surface area (Å²) in [6.07, 6.45) is 0. The molecular weight excluding hydrogens is 286 g/mol. The largest absolute Gasteiger partial charge is 0.358 e. The van der Waals surface area contributed by atoms with Gasteiger partial charge in [-0.1, -0.05) is 39.0 Å². The van der Waals surface area contributed by atoms with Crippen molar-refractivity contribution in [2.45, 2.75) is 34.2 Å². The van der Waals surface area contributed by atoms with Gasteiger partial charge in [0.1, 0.15) is 0 Å². The van der Waals surface area contributed by atoms with Crippen molar-refractivity contribution in [3.8, 4) is 0 Å². The van der Waals surface area contributed by atoms with Gasteiger partial charge in [-0.3, -0.25) is 9.69 Å². The molecule has 1 aliphatic heterocycles. The van der Waals surface area contributed by atoms with Crippen molar-refractivity contribution in [2.75, 3.05) is 26.2 Å². The lowest BCUT2D eigenvalue weighted by atomic mass is 9.94. The molecule has 0 radical (unpaired) electrons. The molecule has 0 saturated carbocycles. The second kappa shape index (κ2) is 6.00. The average molecular weight is 313 g/mol. The molecule has 0 unspecified atom stereocenters. The molecule has 1 aromatic carbocycles. The topological polar surface area (TPSA) is 39.3 Å². The molecule has 124 valence electrons. The Morgan fingerprint density at radius 3 is 2.43 bits per heavy atom. The van der Waals surface area contributed by atoms with E-state index < -0.39 is 0 Å². The predicted molar refractivity (Wildman–Crippen MR) is 94.3 cm³/mol. The first kappa shape index (κ1) is 16.1. The van der Waals surface area contributed by atoms with Gasteiger partial charge in [0.2, 0.25) is 5.91 Å². The van der Waals surface area contributed by atoms with Crippen LogP contribution in [-0.2, 0) is 11.3 Å². The molecule has 4 heteroatoms. The number of fused-ring (bicyclic) bond motifs is 1. The summed E-state index contributed by atoms with van der Waals surface area (Å²) < 4.78 is 0. The Kier molecular flexibility index (Phi) is 4.19. The van der Waals surface area contributed by atoms with Crippen molar-refractivity contribution >= 4 is 16.8 Å². The van der Waals surface area contributed by atoms with Gasteiger partial charge in [0.05, 0.1) is 0 Å². The minimum atomic E-state index is -0.282. The highest BCUT2D eigenvalue weighted by Gasteiger charge is 2.29. The van der Waals surface area contributed by atoms with Crippen LogP contribution in [0.5, 0.6) is 0 Å². The number of aromatic amines is 1. The number of nitrogens with one attached hydrogen (secondary N) is 1. The molecule has 0 bridgehead atoms. The fourth-order valence-electron chi connectivity index (χ4n) is 3.35. The van der Waals surface area contributed by atoms with Crippen LogP contribution < -0.4 is 0 Å². The zero-order valence-corrected chi connectivity index (χ0v) is 14.6. The number of carbonyl (C=O) groups excluding carboxylic acids is 1. The number of piperazine rings is 1. The van der Waals surface area contributed by atoms with Crippen LogP contribution in [0.4, 0.5) is 0 Å². The molecule has 0 atom stereocenters. The number of H-pyrrole nitrogens is 1. The zero-order valence-electron chi connectivity index (χ0n) is 14.6. The van der Waals surface area contributed by atoms with Gasteiger partial charge in [-0.05, 0) is 18.6 Å². The highest BCUT2D eigenvalue weighted by Crippen LogP contribution is 2.24. The standard InChI is InChI=1S/C19H27N3O/c1-14-16(15-7-5-6-8-17(15)20-14)13-21-9-11-22(12-10-21)18(23)19(2,3)4/h5-8,20H,9-13H2,1-4H3. The molecule has 2 heterocycles. The molecule has 1 saturated heterocycles. The zero-order chi connectivity index (χ0) is 16.6. The molecule has 1 aliphatic rings. The maximum Gasteiger partial charge on any atom is 0.228 e. The fraction of sp³-hybridized carbons (Fsp3) is 0.526. The Labute approximate surface area is 138 Å². The number of carbonyl (C=O) groups is 1. The van der Waals surface area contributed by atoms with Gasteiger partial charge in [-0.25, -0.2) is 0 Å². The molecule has 23 heavy (non-hydrogen) atoms. The smallest absolute Gasteiger partial charge is 0.228 e. The number of rotatable bonds is 2. The summed E-state index contributed by atoms with van der Waals surface area (Å²) in [6.45, 7) is 12.6. The van der Waals surface area contributed by atoms with E-state index in [9.17, 15) is 4.79 Å². The number of aryl methyl sites for hydroxylation is 1. The van der Waals surface area contributed by atoms with Gasteiger partial charge in [0, 0.05) is 54.7 Å². The summed E-state index contributed by atoms with van der Waals surface area (Å²) in [5.41, 5.74) is 3.56. The van der Waals surface area contributed by atoms with Gasteiger partial charge in [0.25, 0.3) is 0 Å². The van der Waals surface area contributed by atoms with Crippen LogP contribution in [0.3, 0.4) is 0 Å². The van der Waals surface area contributed by atoms with Gasteiger partial charge in [0.15, 0.2) is 0 Å². The second-order valence-corrected chi connectivity index (χ2v) is 7.59. The molecular formula is C19H27N3O. The lowest BCUT2D eigenvalue weighted by Gasteiger charge is -2.37. The van der Waals surface area contributed by atoms with Crippen LogP contribution in [0.15, 0.2) is 24.3 Å². The van der Waals surface area contributed by atoms with Crippen LogP contribution in [0.2, 0.25) is 0 Å². The lowest BCUT2D eigenvalue weighted by molar-refractivity contribution is -0.141. The summed E-state index contributed by atoms with van der Waals surface area (Å²) in [4.78, 5) is 20.3. The van der Waals surface area contributed by atoms with Crippen LogP contribution >= 0.6 is 0 Å². The number of para-hydroxylation sites is 1. The number of amides is 1. The number of aromatic nitrogens is 1. The quantitative estimate of drug-likeness (QED) is 0.925. The first-order chi connectivity index (χ1) is 10.9. The molecule has 2 aromatic rings. The Balaban J connectivity index is 1.67. The predicted octanol–water partition coefficient (Wildman–Crippen LogP) is 3.17. The summed E-state index contributed by atoms with van der Waals surface area (Å²) in [5, 5.41) is 1.32. The summed E-state index contributed by atoms with van der Waals surface area (Å²) >= 11 is 0. The summed E-state index contributed by atoms with van der Waals surface area (Å²) in [6, 6.07) is 8.48. The molecule has 3 rings (SSSR count). The van der Waals surface area contributed by atoms with Crippen molar-refractivity contribution in [3.05, 3.63) is 35.5 Å². The SMILES string of the molecule is Cc1[nH]c2ccccc2c1CN1CCN(C(=O)C(C)(C)C)CC1. The molecule has 1 amide bonds. The second-order valence-electron chi connectivity index (χ2n) is 7.59. The van der Waals surface area contributed by atoms with Gasteiger partial charge < -0.3 is 9.88 Å². The summed E-state index contributed by atoms with van der Waals surface area (Å²) in [7, 11) is 0. The van der Waals surface area contributed by atoms with Crippen molar-refractivity contribution < 1.29 is 4.79 Å². The van der Waals surface area contributed by atoms with E-state index in [1.165, 1.54) is 22.2 Å². The normalized spacial score (nSPS) is 17.0. The molecule has 1 fully saturated rings. The van der Waals surface area contributed by atoms with Crippen molar-refractivity contribution in [2.24, 2.45) is 5.41 Å². The first-order valence-corrected chi connectivity index (χ1v) is 8.44. The Hall–Kier alpha value is -1.81. The van der Waals surface area contributed by atoms with E-state index in [4.69, 9.17) is 0 Å². The third-order valence-electron chi connectivity index (χ3n) is 4.71. The minimum Gasteiger partial charge on any atom is -0.358 e. The Bertz CT molecular complexity index is 703. The molecule has 0 spiro atoms. The van der Waals surface area contributed by atoms with Crippen LogP contribution in [0.1, 0.15) is 32.0 Å². The van der Waals surface area contributed by atoms with E-state index in [1.807, 2.05) is 25.7 Å². The number of nitrogens with zero attached hydrogens (tertiary/aromatic N) is 2. The molecule has 1 N–H and O–H groups in total. The van der Waals surface area contributed by atoms with Gasteiger partial charge in [-0.15, -0.1) is 0 Å². The van der Waals surface area contributed by atoms with Crippen molar-refractivity contribution in [1.29, 1.82) is 0 Å². The minimum absolute atomic E-state index is 0.264. The Morgan fingerprint density at radius 2 is 1.78 bits per heavy atom. The fourth-order valence-corrected chi connectivity index (χ4v) is 3.35. The summed E-state index contributed by atoms with van der Waals surface area (Å²) in [5.74, 6) is 0.264. The lowest BCUT2D eigenvalue weighted by Crippen LogP contribution is -2.51. The maximum atomic E-state index is 12.4. The van der Waals surface area contributed by atoms with Crippen LogP contribution in [-0.4, -0.2) is 46.9 Å². The number of hydrogen-bond acceptors (Lipinski definition) is 2. The first-order valence-electron chi connectivity index (χ1n) is 8.44. The molecule has 0 aliphatic carbocycles. The number of benzene rings is 1. The van der Waals surface area contributed by atoms with E-state index in [1.54, 1.807) is 0 Å². The third kappa shape index (κ3) is 3.27. The van der Waals surface area contributed by atoms with Crippen molar-refractivity contribution in [3.63, 3.8) is 0 Å². The average Bonchev–Trinajstić information content (AvgIpc) is 2.82. The van der Waals surface area contributed by atoms with Crippen LogP contribution in [0, 0.1) is 12.3 Å². The number of hydrogen-bond donors (Lipinski definition) is 1. The Morgan fingerprint density at radius 1 is 1.13 bits per heavy atom. The van der Waals surface area contributed by atoms with Gasteiger partial charge >= 0.3 is 0 Å². The monoisotopic (exact) mass is 313 g/mol.